The Morgan fingerprint density at radius 2 is 1.67 bits per heavy atom. The van der Waals surface area contributed by atoms with Crippen LogP contribution in [0.3, 0.4) is 0 Å². The summed E-state index contributed by atoms with van der Waals surface area (Å²) in [6.07, 6.45) is 3.71. The van der Waals surface area contributed by atoms with Gasteiger partial charge in [0.15, 0.2) is 0 Å². The van der Waals surface area contributed by atoms with Gasteiger partial charge < -0.3 is 5.11 Å². The van der Waals surface area contributed by atoms with Crippen LogP contribution in [0.2, 0.25) is 0 Å². The van der Waals surface area contributed by atoms with Gasteiger partial charge in [0.1, 0.15) is 5.75 Å². The van der Waals surface area contributed by atoms with E-state index < -0.39 is 0 Å². The molecule has 0 bridgehead atoms. The van der Waals surface area contributed by atoms with E-state index in [1.807, 2.05) is 54.6 Å². The summed E-state index contributed by atoms with van der Waals surface area (Å²) in [5.74, 6) is -0.171. The maximum atomic E-state index is 12.2. The van der Waals surface area contributed by atoms with Gasteiger partial charge in [-0.1, -0.05) is 60.7 Å². The van der Waals surface area contributed by atoms with Gasteiger partial charge in [0, 0.05) is 11.1 Å². The summed E-state index contributed by atoms with van der Waals surface area (Å²) in [5.41, 5.74) is 6.43. The predicted octanol–water partition coefficient (Wildman–Crippen LogP) is 4.55. The van der Waals surface area contributed by atoms with Crippen LogP contribution >= 0.6 is 0 Å². The number of benzene rings is 3. The molecule has 0 atom stereocenters. The standard InChI is InChI=1S/C23H20N2O2/c1-2-7-19-10-6-11-21(22(19)26)16-24-25-23(27)20-14-12-18(13-15-20)17-8-4-3-5-9-17/h2-6,8-16,26H,1,7H2,(H,25,27)/b24-16+. The molecule has 4 nitrogen and oxygen atoms in total. The number of aromatic hydroxyl groups is 1. The number of para-hydroxylation sites is 1. The Kier molecular flexibility index (Phi) is 5.80. The number of phenolic OH excluding ortho intramolecular Hbond substituents is 1. The normalized spacial score (nSPS) is 10.7. The monoisotopic (exact) mass is 356 g/mol. The highest BCUT2D eigenvalue weighted by Gasteiger charge is 2.06. The van der Waals surface area contributed by atoms with Crippen molar-refractivity contribution in [2.75, 3.05) is 0 Å². The molecule has 0 aliphatic rings. The lowest BCUT2D eigenvalue weighted by Gasteiger charge is -2.05. The number of phenols is 1. The van der Waals surface area contributed by atoms with E-state index in [4.69, 9.17) is 0 Å². The van der Waals surface area contributed by atoms with E-state index in [1.165, 1.54) is 6.21 Å². The zero-order valence-corrected chi connectivity index (χ0v) is 14.8. The molecule has 0 aliphatic heterocycles. The van der Waals surface area contributed by atoms with Crippen LogP contribution in [0, 0.1) is 0 Å². The van der Waals surface area contributed by atoms with Gasteiger partial charge in [-0.05, 0) is 41.3 Å². The third-order valence-corrected chi connectivity index (χ3v) is 4.14. The van der Waals surface area contributed by atoms with Crippen molar-refractivity contribution in [1.29, 1.82) is 0 Å². The van der Waals surface area contributed by atoms with Gasteiger partial charge in [-0.3, -0.25) is 4.79 Å². The van der Waals surface area contributed by atoms with Gasteiger partial charge in [0.05, 0.1) is 6.21 Å². The molecule has 134 valence electrons. The number of nitrogens with zero attached hydrogens (tertiary/aromatic N) is 1. The van der Waals surface area contributed by atoms with Crippen molar-refractivity contribution in [3.8, 4) is 16.9 Å². The van der Waals surface area contributed by atoms with Crippen LogP contribution in [0.15, 0.2) is 90.6 Å². The summed E-state index contributed by atoms with van der Waals surface area (Å²) in [4.78, 5) is 12.2. The maximum absolute atomic E-state index is 12.2. The van der Waals surface area contributed by atoms with Crippen LogP contribution in [0.5, 0.6) is 5.75 Å². The summed E-state index contributed by atoms with van der Waals surface area (Å²) in [5, 5.41) is 14.1. The highest BCUT2D eigenvalue weighted by molar-refractivity contribution is 5.95. The minimum atomic E-state index is -0.312. The van der Waals surface area contributed by atoms with Gasteiger partial charge in [-0.15, -0.1) is 6.58 Å². The molecule has 0 saturated carbocycles. The first-order valence-corrected chi connectivity index (χ1v) is 8.59. The van der Waals surface area contributed by atoms with Crippen LogP contribution < -0.4 is 5.43 Å². The van der Waals surface area contributed by atoms with Crippen molar-refractivity contribution in [3.63, 3.8) is 0 Å². The molecular formula is C23H20N2O2. The third-order valence-electron chi connectivity index (χ3n) is 4.14. The van der Waals surface area contributed by atoms with Crippen molar-refractivity contribution in [2.24, 2.45) is 5.10 Å². The Morgan fingerprint density at radius 3 is 2.37 bits per heavy atom. The van der Waals surface area contributed by atoms with Crippen LogP contribution in [0.4, 0.5) is 0 Å². The molecule has 4 heteroatoms. The summed E-state index contributed by atoms with van der Waals surface area (Å²) in [6.45, 7) is 3.67. The minimum absolute atomic E-state index is 0.141. The average Bonchev–Trinajstić information content (AvgIpc) is 2.71. The minimum Gasteiger partial charge on any atom is -0.507 e. The number of rotatable bonds is 6. The molecule has 0 heterocycles. The van der Waals surface area contributed by atoms with Crippen LogP contribution in [-0.4, -0.2) is 17.2 Å². The van der Waals surface area contributed by atoms with E-state index in [-0.39, 0.29) is 11.7 Å². The highest BCUT2D eigenvalue weighted by atomic mass is 16.3. The van der Waals surface area contributed by atoms with Crippen LogP contribution in [-0.2, 0) is 6.42 Å². The number of amides is 1. The first-order valence-electron chi connectivity index (χ1n) is 8.59. The van der Waals surface area contributed by atoms with E-state index in [1.54, 1.807) is 24.3 Å². The van der Waals surface area contributed by atoms with Crippen molar-refractivity contribution in [1.82, 2.24) is 5.43 Å². The lowest BCUT2D eigenvalue weighted by molar-refractivity contribution is 0.0955. The molecule has 0 spiro atoms. The second-order valence-electron chi connectivity index (χ2n) is 5.99. The van der Waals surface area contributed by atoms with Crippen molar-refractivity contribution < 1.29 is 9.90 Å². The second kappa shape index (κ2) is 8.63. The second-order valence-corrected chi connectivity index (χ2v) is 5.99. The highest BCUT2D eigenvalue weighted by Crippen LogP contribution is 2.22. The van der Waals surface area contributed by atoms with Gasteiger partial charge in [-0.25, -0.2) is 5.43 Å². The summed E-state index contributed by atoms with van der Waals surface area (Å²) >= 11 is 0. The van der Waals surface area contributed by atoms with Gasteiger partial charge in [0.2, 0.25) is 0 Å². The Balaban J connectivity index is 1.67. The quantitative estimate of drug-likeness (QED) is 0.387. The number of hydrazone groups is 1. The molecule has 1 amide bonds. The Hall–Kier alpha value is -3.66. The molecule has 2 N–H and O–H groups in total. The summed E-state index contributed by atoms with van der Waals surface area (Å²) < 4.78 is 0. The number of nitrogens with one attached hydrogen (secondary N) is 1. The molecular weight excluding hydrogens is 336 g/mol. The number of allylic oxidation sites excluding steroid dienone is 1. The predicted molar refractivity (Wildman–Crippen MR) is 109 cm³/mol. The molecule has 0 fully saturated rings. The molecule has 3 aromatic carbocycles. The maximum Gasteiger partial charge on any atom is 0.271 e. The average molecular weight is 356 g/mol. The zero-order valence-electron chi connectivity index (χ0n) is 14.8. The van der Waals surface area contributed by atoms with Gasteiger partial charge >= 0.3 is 0 Å². The lowest BCUT2D eigenvalue weighted by Crippen LogP contribution is -2.17. The molecule has 0 saturated heterocycles. The Labute approximate surface area is 158 Å². The number of carbonyl (C=O) groups excluding carboxylic acids is 1. The molecule has 0 aliphatic carbocycles. The van der Waals surface area contributed by atoms with E-state index in [9.17, 15) is 9.90 Å². The van der Waals surface area contributed by atoms with Crippen molar-refractivity contribution in [3.05, 3.63) is 102 Å². The Morgan fingerprint density at radius 1 is 0.963 bits per heavy atom. The summed E-state index contributed by atoms with van der Waals surface area (Å²) in [7, 11) is 0. The van der Waals surface area contributed by atoms with E-state index >= 15 is 0 Å². The van der Waals surface area contributed by atoms with E-state index in [0.717, 1.165) is 16.7 Å². The zero-order chi connectivity index (χ0) is 19.1. The molecule has 0 radical (unpaired) electrons. The summed E-state index contributed by atoms with van der Waals surface area (Å²) in [6, 6.07) is 22.7. The van der Waals surface area contributed by atoms with Crippen molar-refractivity contribution in [2.45, 2.75) is 6.42 Å². The lowest BCUT2D eigenvalue weighted by atomic mass is 10.0. The van der Waals surface area contributed by atoms with Crippen molar-refractivity contribution >= 4 is 12.1 Å². The topological polar surface area (TPSA) is 61.7 Å². The fraction of sp³-hybridized carbons (Fsp3) is 0.0435. The van der Waals surface area contributed by atoms with Crippen LogP contribution in [0.1, 0.15) is 21.5 Å². The van der Waals surface area contributed by atoms with Gasteiger partial charge in [-0.2, -0.15) is 5.10 Å². The molecule has 0 unspecified atom stereocenters. The number of hydrogen-bond acceptors (Lipinski definition) is 3. The SMILES string of the molecule is C=CCc1cccc(/C=N/NC(=O)c2ccc(-c3ccccc3)cc2)c1O. The fourth-order valence-electron chi connectivity index (χ4n) is 2.71. The Bertz CT molecular complexity index is 961. The van der Waals surface area contributed by atoms with Gasteiger partial charge in [0.25, 0.3) is 5.91 Å². The third kappa shape index (κ3) is 4.50. The van der Waals surface area contributed by atoms with E-state index in [2.05, 4.69) is 17.1 Å². The van der Waals surface area contributed by atoms with E-state index in [0.29, 0.717) is 17.5 Å². The molecule has 3 rings (SSSR count). The number of hydrogen-bond donors (Lipinski definition) is 2. The molecule has 27 heavy (non-hydrogen) atoms. The number of carbonyl (C=O) groups is 1. The van der Waals surface area contributed by atoms with Crippen LogP contribution in [0.25, 0.3) is 11.1 Å². The molecule has 3 aromatic rings. The largest absolute Gasteiger partial charge is 0.507 e. The molecule has 0 aromatic heterocycles. The fourth-order valence-corrected chi connectivity index (χ4v) is 2.71. The first kappa shape index (κ1) is 18.1. The smallest absolute Gasteiger partial charge is 0.271 e. The first-order chi connectivity index (χ1) is 13.2.